The third-order valence-corrected chi connectivity index (χ3v) is 4.91. The number of carbonyl (C=O) groups excluding carboxylic acids is 2. The molecule has 1 fully saturated rings. The molecule has 140 valence electrons. The first-order valence-corrected chi connectivity index (χ1v) is 9.80. The molecule has 1 saturated carbocycles. The second-order valence-corrected chi connectivity index (χ2v) is 7.49. The highest BCUT2D eigenvalue weighted by molar-refractivity contribution is 5.79. The predicted octanol–water partition coefficient (Wildman–Crippen LogP) is 3.59. The summed E-state index contributed by atoms with van der Waals surface area (Å²) in [6.45, 7) is 9.08. The van der Waals surface area contributed by atoms with Gasteiger partial charge < -0.3 is 16.0 Å². The first-order chi connectivity index (χ1) is 11.5. The Morgan fingerprint density at radius 1 is 1.17 bits per heavy atom. The van der Waals surface area contributed by atoms with E-state index in [1.165, 1.54) is 19.3 Å². The Hall–Kier alpha value is -1.26. The van der Waals surface area contributed by atoms with Crippen LogP contribution in [0.1, 0.15) is 79.1 Å². The highest BCUT2D eigenvalue weighted by Gasteiger charge is 2.28. The number of unbranched alkanes of at least 4 members (excludes halogenated alkanes) is 1. The first kappa shape index (κ1) is 20.8. The Morgan fingerprint density at radius 3 is 2.54 bits per heavy atom. The van der Waals surface area contributed by atoms with E-state index in [1.807, 2.05) is 13.8 Å². The Kier molecular flexibility index (Phi) is 9.80. The quantitative estimate of drug-likeness (QED) is 0.601. The monoisotopic (exact) mass is 339 g/mol. The van der Waals surface area contributed by atoms with Crippen LogP contribution in [0.25, 0.3) is 0 Å². The third kappa shape index (κ3) is 8.02. The van der Waals surface area contributed by atoms with Crippen molar-refractivity contribution in [2.45, 2.75) is 91.1 Å². The van der Waals surface area contributed by atoms with Crippen molar-refractivity contribution in [3.63, 3.8) is 0 Å². The van der Waals surface area contributed by atoms with Gasteiger partial charge in [0.05, 0.1) is 0 Å². The average Bonchev–Trinajstić information content (AvgIpc) is 2.54. The third-order valence-electron chi connectivity index (χ3n) is 4.91. The molecule has 5 nitrogen and oxygen atoms in total. The summed E-state index contributed by atoms with van der Waals surface area (Å²) in [7, 11) is 0. The summed E-state index contributed by atoms with van der Waals surface area (Å²) < 4.78 is 0. The van der Waals surface area contributed by atoms with Gasteiger partial charge in [-0.3, -0.25) is 4.79 Å². The lowest BCUT2D eigenvalue weighted by molar-refractivity contribution is -0.126. The number of amides is 3. The van der Waals surface area contributed by atoms with Crippen molar-refractivity contribution in [1.29, 1.82) is 0 Å². The molecule has 0 aromatic heterocycles. The summed E-state index contributed by atoms with van der Waals surface area (Å²) in [6.07, 6.45) is 8.32. The summed E-state index contributed by atoms with van der Waals surface area (Å²) in [5.41, 5.74) is 0. The summed E-state index contributed by atoms with van der Waals surface area (Å²) >= 11 is 0. The zero-order valence-corrected chi connectivity index (χ0v) is 16.0. The summed E-state index contributed by atoms with van der Waals surface area (Å²) in [5.74, 6) is 0.716. The van der Waals surface area contributed by atoms with Gasteiger partial charge in [0.1, 0.15) is 0 Å². The van der Waals surface area contributed by atoms with Gasteiger partial charge >= 0.3 is 6.03 Å². The van der Waals surface area contributed by atoms with Gasteiger partial charge in [-0.25, -0.2) is 4.79 Å². The van der Waals surface area contributed by atoms with E-state index in [9.17, 15) is 9.59 Å². The van der Waals surface area contributed by atoms with E-state index in [-0.39, 0.29) is 29.9 Å². The first-order valence-electron chi connectivity index (χ1n) is 9.80. The molecular weight excluding hydrogens is 302 g/mol. The van der Waals surface area contributed by atoms with Crippen molar-refractivity contribution in [2.75, 3.05) is 6.54 Å². The van der Waals surface area contributed by atoms with Crippen LogP contribution < -0.4 is 16.0 Å². The topological polar surface area (TPSA) is 70.2 Å². The zero-order chi connectivity index (χ0) is 17.9. The second-order valence-electron chi connectivity index (χ2n) is 7.49. The minimum Gasteiger partial charge on any atom is -0.354 e. The summed E-state index contributed by atoms with van der Waals surface area (Å²) in [4.78, 5) is 24.3. The van der Waals surface area contributed by atoms with E-state index in [0.717, 1.165) is 38.6 Å². The highest BCUT2D eigenvalue weighted by atomic mass is 16.2. The number of carbonyl (C=O) groups is 2. The van der Waals surface area contributed by atoms with Crippen LogP contribution in [0.5, 0.6) is 0 Å². The minimum atomic E-state index is -0.0835. The Bertz CT molecular complexity index is 385. The van der Waals surface area contributed by atoms with Crippen molar-refractivity contribution in [2.24, 2.45) is 11.8 Å². The molecule has 3 amide bonds. The predicted molar refractivity (Wildman–Crippen MR) is 98.9 cm³/mol. The largest absolute Gasteiger partial charge is 0.354 e. The van der Waals surface area contributed by atoms with Crippen molar-refractivity contribution in [1.82, 2.24) is 16.0 Å². The van der Waals surface area contributed by atoms with E-state index < -0.39 is 0 Å². The molecule has 0 spiro atoms. The molecule has 24 heavy (non-hydrogen) atoms. The Morgan fingerprint density at radius 2 is 1.92 bits per heavy atom. The lowest BCUT2D eigenvalue weighted by Gasteiger charge is -2.29. The normalized spacial score (nSPS) is 22.0. The molecular formula is C19H37N3O2. The van der Waals surface area contributed by atoms with Crippen LogP contribution in [0, 0.1) is 11.8 Å². The van der Waals surface area contributed by atoms with Crippen LogP contribution in [0.4, 0.5) is 4.79 Å². The number of nitrogens with one attached hydrogen (secondary N) is 3. The minimum absolute atomic E-state index is 0.0272. The number of hydrogen-bond donors (Lipinski definition) is 3. The smallest absolute Gasteiger partial charge is 0.315 e. The maximum Gasteiger partial charge on any atom is 0.315 e. The number of hydrogen-bond acceptors (Lipinski definition) is 2. The average molecular weight is 340 g/mol. The molecule has 1 aliphatic rings. The van der Waals surface area contributed by atoms with Gasteiger partial charge in [0.15, 0.2) is 0 Å². The van der Waals surface area contributed by atoms with Gasteiger partial charge in [-0.05, 0) is 45.4 Å². The maximum absolute atomic E-state index is 12.2. The van der Waals surface area contributed by atoms with Crippen molar-refractivity contribution in [3.8, 4) is 0 Å². The summed E-state index contributed by atoms with van der Waals surface area (Å²) in [6, 6.07) is 0.195. The molecule has 5 heteroatoms. The molecule has 0 saturated heterocycles. The Balaban J connectivity index is 2.34. The van der Waals surface area contributed by atoms with Gasteiger partial charge in [0.25, 0.3) is 0 Å². The van der Waals surface area contributed by atoms with Crippen molar-refractivity contribution in [3.05, 3.63) is 0 Å². The van der Waals surface area contributed by atoms with Crippen molar-refractivity contribution >= 4 is 11.9 Å². The maximum atomic E-state index is 12.2. The molecule has 0 aromatic rings. The lowest BCUT2D eigenvalue weighted by Crippen LogP contribution is -2.47. The van der Waals surface area contributed by atoms with Gasteiger partial charge in [0.2, 0.25) is 5.91 Å². The summed E-state index contributed by atoms with van der Waals surface area (Å²) in [5, 5.41) is 9.06. The van der Waals surface area contributed by atoms with Gasteiger partial charge in [-0.15, -0.1) is 0 Å². The van der Waals surface area contributed by atoms with Crippen LogP contribution in [-0.2, 0) is 4.79 Å². The fraction of sp³-hybridized carbons (Fsp3) is 0.895. The lowest BCUT2D eigenvalue weighted by atomic mass is 9.85. The molecule has 1 rings (SSSR count). The van der Waals surface area contributed by atoms with Crippen LogP contribution in [0.3, 0.4) is 0 Å². The molecule has 1 aliphatic carbocycles. The van der Waals surface area contributed by atoms with E-state index in [1.54, 1.807) is 0 Å². The molecule has 0 aromatic carbocycles. The molecule has 0 bridgehead atoms. The van der Waals surface area contributed by atoms with Crippen LogP contribution >= 0.6 is 0 Å². The van der Waals surface area contributed by atoms with Gasteiger partial charge in [0, 0.05) is 24.5 Å². The number of urea groups is 1. The van der Waals surface area contributed by atoms with Crippen LogP contribution in [-0.4, -0.2) is 30.6 Å². The van der Waals surface area contributed by atoms with E-state index >= 15 is 0 Å². The molecule has 3 N–H and O–H groups in total. The SMILES string of the molecule is CCCCC(CC)CNC(=O)NC1CCCC(C(=O)NC(C)C)C1. The van der Waals surface area contributed by atoms with Gasteiger partial charge in [-0.2, -0.15) is 0 Å². The molecule has 3 unspecified atom stereocenters. The van der Waals surface area contributed by atoms with Crippen molar-refractivity contribution < 1.29 is 9.59 Å². The highest BCUT2D eigenvalue weighted by Crippen LogP contribution is 2.24. The molecule has 0 radical (unpaired) electrons. The second kappa shape index (κ2) is 11.3. The van der Waals surface area contributed by atoms with Crippen LogP contribution in [0.2, 0.25) is 0 Å². The standard InChI is InChI=1S/C19H37N3O2/c1-5-7-9-15(6-2)13-20-19(24)22-17-11-8-10-16(12-17)18(23)21-14(3)4/h14-17H,5-13H2,1-4H3,(H,21,23)(H2,20,22,24). The fourth-order valence-corrected chi connectivity index (χ4v) is 3.38. The zero-order valence-electron chi connectivity index (χ0n) is 16.0. The van der Waals surface area contributed by atoms with E-state index in [4.69, 9.17) is 0 Å². The van der Waals surface area contributed by atoms with E-state index in [2.05, 4.69) is 29.8 Å². The van der Waals surface area contributed by atoms with E-state index in [0.29, 0.717) is 5.92 Å². The van der Waals surface area contributed by atoms with Crippen LogP contribution in [0.15, 0.2) is 0 Å². The molecule has 0 heterocycles. The molecule has 3 atom stereocenters. The fourth-order valence-electron chi connectivity index (χ4n) is 3.38. The number of rotatable bonds is 9. The molecule has 0 aliphatic heterocycles. The Labute approximate surface area is 147 Å². The van der Waals surface area contributed by atoms with Gasteiger partial charge in [-0.1, -0.05) is 39.5 Å².